The number of hydrogen-bond donors (Lipinski definition) is 1. The van der Waals surface area contributed by atoms with Gasteiger partial charge >= 0.3 is 0 Å². The van der Waals surface area contributed by atoms with Gasteiger partial charge in [-0.25, -0.2) is 0 Å². The second-order valence-electron chi connectivity index (χ2n) is 8.92. The Kier molecular flexibility index (Phi) is 9.40. The monoisotopic (exact) mass is 498 g/mol. The molecule has 1 N–H and O–H groups in total. The highest BCUT2D eigenvalue weighted by molar-refractivity contribution is 6.30. The summed E-state index contributed by atoms with van der Waals surface area (Å²) < 4.78 is 5.99. The van der Waals surface area contributed by atoms with E-state index in [2.05, 4.69) is 48.3 Å². The van der Waals surface area contributed by atoms with Gasteiger partial charge in [0.15, 0.2) is 0 Å². The van der Waals surface area contributed by atoms with Crippen LogP contribution in [-0.2, 0) is 11.4 Å². The Morgan fingerprint density at radius 3 is 2.38 bits per heavy atom. The third kappa shape index (κ3) is 6.99. The van der Waals surface area contributed by atoms with Gasteiger partial charge in [-0.15, -0.1) is 12.4 Å². The number of ether oxygens (including phenoxy) is 1. The van der Waals surface area contributed by atoms with Crippen LogP contribution in [0.1, 0.15) is 32.3 Å². The lowest BCUT2D eigenvalue weighted by molar-refractivity contribution is -0.121. The summed E-state index contributed by atoms with van der Waals surface area (Å²) in [5.74, 6) is 0.913. The normalized spacial score (nSPS) is 14.5. The molecule has 1 aliphatic heterocycles. The fraction of sp³-hybridized carbons (Fsp3) is 0.321. The summed E-state index contributed by atoms with van der Waals surface area (Å²) in [6.45, 7) is 6.84. The van der Waals surface area contributed by atoms with E-state index in [4.69, 9.17) is 16.3 Å². The number of piperidine rings is 1. The minimum atomic E-state index is 0. The zero-order chi connectivity index (χ0) is 23.2. The van der Waals surface area contributed by atoms with E-state index in [9.17, 15) is 4.79 Å². The first-order chi connectivity index (χ1) is 16.0. The molecule has 0 unspecified atom stereocenters. The van der Waals surface area contributed by atoms with Crippen LogP contribution in [-0.4, -0.2) is 29.9 Å². The molecule has 0 atom stereocenters. The molecular formula is C28H32Cl2N2O2. The van der Waals surface area contributed by atoms with Crippen LogP contribution in [0.15, 0.2) is 72.8 Å². The molecule has 1 aliphatic rings. The van der Waals surface area contributed by atoms with E-state index in [1.807, 2.05) is 48.5 Å². The van der Waals surface area contributed by atoms with Gasteiger partial charge < -0.3 is 15.0 Å². The number of likely N-dealkylation sites (tertiary alicyclic amines) is 1. The van der Waals surface area contributed by atoms with E-state index in [0.717, 1.165) is 59.1 Å². The summed E-state index contributed by atoms with van der Waals surface area (Å²) in [5.41, 5.74) is 4.06. The van der Waals surface area contributed by atoms with Crippen LogP contribution in [0.2, 0.25) is 5.02 Å². The summed E-state index contributed by atoms with van der Waals surface area (Å²) in [5, 5.41) is 3.81. The van der Waals surface area contributed by atoms with E-state index in [-0.39, 0.29) is 24.2 Å². The van der Waals surface area contributed by atoms with Crippen molar-refractivity contribution in [3.8, 4) is 16.9 Å². The van der Waals surface area contributed by atoms with Crippen molar-refractivity contribution in [3.05, 3.63) is 83.4 Å². The van der Waals surface area contributed by atoms with Gasteiger partial charge in [0.1, 0.15) is 12.4 Å². The topological polar surface area (TPSA) is 41.6 Å². The Bertz CT molecular complexity index is 1080. The first-order valence-corrected chi connectivity index (χ1v) is 12.0. The summed E-state index contributed by atoms with van der Waals surface area (Å²) in [6, 6.07) is 24.3. The van der Waals surface area contributed by atoms with Gasteiger partial charge in [-0.1, -0.05) is 54.1 Å². The SMILES string of the molecule is CC(C)N1CCC(C(=O)Nc2cccc(OCc3ccc(-c4cccc(Cl)c4)cc3)c2)CC1.Cl. The number of nitrogens with one attached hydrogen (secondary N) is 1. The lowest BCUT2D eigenvalue weighted by atomic mass is 9.95. The van der Waals surface area contributed by atoms with Crippen LogP contribution in [0.25, 0.3) is 11.1 Å². The van der Waals surface area contributed by atoms with Crippen molar-refractivity contribution in [1.29, 1.82) is 0 Å². The minimum absolute atomic E-state index is 0. The van der Waals surface area contributed by atoms with Gasteiger partial charge in [0.2, 0.25) is 5.91 Å². The van der Waals surface area contributed by atoms with Crippen molar-refractivity contribution in [2.45, 2.75) is 39.3 Å². The minimum Gasteiger partial charge on any atom is -0.489 e. The summed E-state index contributed by atoms with van der Waals surface area (Å²) in [6.07, 6.45) is 1.82. The van der Waals surface area contributed by atoms with Crippen LogP contribution in [0.4, 0.5) is 5.69 Å². The number of amides is 1. The number of halogens is 2. The Hall–Kier alpha value is -2.53. The Morgan fingerprint density at radius 1 is 1.00 bits per heavy atom. The second-order valence-corrected chi connectivity index (χ2v) is 9.35. The molecule has 1 saturated heterocycles. The molecule has 4 rings (SSSR count). The number of carbonyl (C=O) groups excluding carboxylic acids is 1. The molecule has 6 heteroatoms. The molecule has 0 bridgehead atoms. The first kappa shape index (κ1) is 26.1. The van der Waals surface area contributed by atoms with E-state index in [1.54, 1.807) is 0 Å². The summed E-state index contributed by atoms with van der Waals surface area (Å²) in [7, 11) is 0. The van der Waals surface area contributed by atoms with Gasteiger partial charge in [0.25, 0.3) is 0 Å². The molecule has 180 valence electrons. The van der Waals surface area contributed by atoms with Crippen molar-refractivity contribution in [2.75, 3.05) is 18.4 Å². The van der Waals surface area contributed by atoms with Gasteiger partial charge in [-0.3, -0.25) is 4.79 Å². The van der Waals surface area contributed by atoms with Crippen LogP contribution in [0.5, 0.6) is 5.75 Å². The van der Waals surface area contributed by atoms with Crippen molar-refractivity contribution >= 4 is 35.6 Å². The highest BCUT2D eigenvalue weighted by Gasteiger charge is 2.26. The first-order valence-electron chi connectivity index (χ1n) is 11.6. The Balaban J connectivity index is 0.00000324. The van der Waals surface area contributed by atoms with Crippen molar-refractivity contribution in [1.82, 2.24) is 4.90 Å². The molecule has 34 heavy (non-hydrogen) atoms. The molecule has 1 fully saturated rings. The Labute approximate surface area is 213 Å². The lowest BCUT2D eigenvalue weighted by Crippen LogP contribution is -2.41. The van der Waals surface area contributed by atoms with Crippen LogP contribution >= 0.6 is 24.0 Å². The third-order valence-corrected chi connectivity index (χ3v) is 6.48. The zero-order valence-electron chi connectivity index (χ0n) is 19.7. The van der Waals surface area contributed by atoms with E-state index in [0.29, 0.717) is 12.6 Å². The van der Waals surface area contributed by atoms with Gasteiger partial charge in [-0.2, -0.15) is 0 Å². The lowest BCUT2D eigenvalue weighted by Gasteiger charge is -2.33. The van der Waals surface area contributed by atoms with Crippen LogP contribution in [0.3, 0.4) is 0 Å². The van der Waals surface area contributed by atoms with E-state index >= 15 is 0 Å². The molecule has 0 aromatic heterocycles. The van der Waals surface area contributed by atoms with E-state index in [1.165, 1.54) is 0 Å². The highest BCUT2D eigenvalue weighted by atomic mass is 35.5. The Morgan fingerprint density at radius 2 is 1.71 bits per heavy atom. The largest absolute Gasteiger partial charge is 0.489 e. The molecule has 3 aromatic rings. The standard InChI is InChI=1S/C28H31ClN2O2.ClH/c1-20(2)31-15-13-23(14-16-31)28(32)30-26-7-4-8-27(18-26)33-19-21-9-11-22(12-10-21)24-5-3-6-25(29)17-24;/h3-12,17-18,20,23H,13-16,19H2,1-2H3,(H,30,32);1H. The van der Waals surface area contributed by atoms with Crippen molar-refractivity contribution in [3.63, 3.8) is 0 Å². The summed E-state index contributed by atoms with van der Waals surface area (Å²) in [4.78, 5) is 15.2. The molecule has 0 saturated carbocycles. The molecule has 3 aromatic carbocycles. The van der Waals surface area contributed by atoms with Crippen LogP contribution < -0.4 is 10.1 Å². The van der Waals surface area contributed by atoms with Gasteiger partial charge in [0, 0.05) is 28.7 Å². The number of anilines is 1. The number of rotatable bonds is 7. The maximum atomic E-state index is 12.7. The maximum Gasteiger partial charge on any atom is 0.227 e. The fourth-order valence-corrected chi connectivity index (χ4v) is 4.40. The molecular weight excluding hydrogens is 467 g/mol. The maximum absolute atomic E-state index is 12.7. The van der Waals surface area contributed by atoms with Crippen molar-refractivity contribution in [2.24, 2.45) is 5.92 Å². The second kappa shape index (κ2) is 12.3. The number of carbonyl (C=O) groups is 1. The molecule has 0 radical (unpaired) electrons. The molecule has 1 heterocycles. The van der Waals surface area contributed by atoms with Gasteiger partial charge in [0.05, 0.1) is 0 Å². The van der Waals surface area contributed by atoms with Crippen LogP contribution in [0, 0.1) is 5.92 Å². The van der Waals surface area contributed by atoms with Crippen molar-refractivity contribution < 1.29 is 9.53 Å². The quantitative estimate of drug-likeness (QED) is 0.378. The highest BCUT2D eigenvalue weighted by Crippen LogP contribution is 2.25. The smallest absolute Gasteiger partial charge is 0.227 e. The average molecular weight is 499 g/mol. The average Bonchev–Trinajstić information content (AvgIpc) is 2.83. The fourth-order valence-electron chi connectivity index (χ4n) is 4.21. The number of benzene rings is 3. The predicted octanol–water partition coefficient (Wildman–Crippen LogP) is 7.07. The number of hydrogen-bond acceptors (Lipinski definition) is 3. The molecule has 0 spiro atoms. The zero-order valence-corrected chi connectivity index (χ0v) is 21.2. The number of nitrogens with zero attached hydrogens (tertiary/aromatic N) is 1. The predicted molar refractivity (Wildman–Crippen MR) is 143 cm³/mol. The molecule has 0 aliphatic carbocycles. The van der Waals surface area contributed by atoms with Gasteiger partial charge in [-0.05, 0) is 80.7 Å². The third-order valence-electron chi connectivity index (χ3n) is 6.25. The summed E-state index contributed by atoms with van der Waals surface area (Å²) >= 11 is 6.10. The van der Waals surface area contributed by atoms with E-state index < -0.39 is 0 Å². The molecule has 4 nitrogen and oxygen atoms in total. The molecule has 1 amide bonds.